The number of benzene rings is 1. The lowest BCUT2D eigenvalue weighted by molar-refractivity contribution is 0.0996. The quantitative estimate of drug-likeness (QED) is 0.499. The number of hydrogen-bond acceptors (Lipinski definition) is 7. The van der Waals surface area contributed by atoms with Crippen molar-refractivity contribution in [1.29, 1.82) is 0 Å². The Hall–Kier alpha value is -3.40. The van der Waals surface area contributed by atoms with Crippen LogP contribution in [-0.2, 0) is 0 Å². The Bertz CT molecular complexity index is 1220. The largest absolute Gasteiger partial charge is 0.364 e. The highest BCUT2D eigenvalue weighted by atomic mass is 16.2. The van der Waals surface area contributed by atoms with Crippen LogP contribution in [0.5, 0.6) is 0 Å². The number of urea groups is 1. The zero-order valence-electron chi connectivity index (χ0n) is 24.3. The standard InChI is InChI=1S/C31H44N8O2/c1-2-36-18-19-39(31(36)41)26-8-5-15-38(21-26)27-20-33-28(29(32)40)30(35-27)34-24-11-9-22(10-12-24)23-13-16-37(17-14-23)25-6-3-4-7-25/h9-12,20,23,25-26H,2-8,13-19,21H2,1H3,(H2,32,40)(H,34,35). The molecule has 1 aromatic carbocycles. The molecule has 1 unspecified atom stereocenters. The lowest BCUT2D eigenvalue weighted by Crippen LogP contribution is -2.49. The van der Waals surface area contributed by atoms with Crippen molar-refractivity contribution < 1.29 is 9.59 Å². The molecule has 1 aliphatic carbocycles. The Morgan fingerprint density at radius 1 is 0.951 bits per heavy atom. The van der Waals surface area contributed by atoms with Gasteiger partial charge in [-0.15, -0.1) is 0 Å². The van der Waals surface area contributed by atoms with E-state index in [0.717, 1.165) is 50.7 Å². The summed E-state index contributed by atoms with van der Waals surface area (Å²) in [5.41, 5.74) is 8.02. The maximum Gasteiger partial charge on any atom is 0.320 e. The molecular formula is C31H44N8O2. The summed E-state index contributed by atoms with van der Waals surface area (Å²) in [4.78, 5) is 43.0. The topological polar surface area (TPSA) is 111 Å². The Balaban J connectivity index is 1.12. The molecule has 41 heavy (non-hydrogen) atoms. The van der Waals surface area contributed by atoms with Gasteiger partial charge in [0.2, 0.25) is 0 Å². The van der Waals surface area contributed by atoms with Crippen LogP contribution in [0.2, 0.25) is 0 Å². The van der Waals surface area contributed by atoms with E-state index in [4.69, 9.17) is 10.7 Å². The number of amides is 3. The molecule has 1 atom stereocenters. The number of likely N-dealkylation sites (tertiary alicyclic amines) is 1. The lowest BCUT2D eigenvalue weighted by Gasteiger charge is -2.38. The Morgan fingerprint density at radius 3 is 2.37 bits per heavy atom. The summed E-state index contributed by atoms with van der Waals surface area (Å²) in [6, 6.07) is 9.59. The van der Waals surface area contributed by atoms with Crippen LogP contribution >= 0.6 is 0 Å². The zero-order valence-corrected chi connectivity index (χ0v) is 24.3. The second-order valence-electron chi connectivity index (χ2n) is 12.1. The molecule has 3 aliphatic heterocycles. The molecule has 3 amide bonds. The van der Waals surface area contributed by atoms with Crippen LogP contribution in [0.4, 0.5) is 22.1 Å². The fraction of sp³-hybridized carbons (Fsp3) is 0.613. The van der Waals surface area contributed by atoms with Crippen molar-refractivity contribution >= 4 is 29.3 Å². The summed E-state index contributed by atoms with van der Waals surface area (Å²) >= 11 is 0. The van der Waals surface area contributed by atoms with Gasteiger partial charge in [-0.05, 0) is 82.2 Å². The van der Waals surface area contributed by atoms with Gasteiger partial charge in [-0.3, -0.25) is 4.79 Å². The number of aromatic nitrogens is 2. The first-order valence-electron chi connectivity index (χ1n) is 15.6. The van der Waals surface area contributed by atoms with Crippen molar-refractivity contribution in [2.24, 2.45) is 5.73 Å². The molecule has 4 heterocycles. The summed E-state index contributed by atoms with van der Waals surface area (Å²) in [5.74, 6) is 1.02. The van der Waals surface area contributed by atoms with E-state index in [-0.39, 0.29) is 17.8 Å². The number of piperidine rings is 2. The Morgan fingerprint density at radius 2 is 1.68 bits per heavy atom. The summed E-state index contributed by atoms with van der Waals surface area (Å²) in [7, 11) is 0. The summed E-state index contributed by atoms with van der Waals surface area (Å²) in [6.07, 6.45) is 11.5. The zero-order chi connectivity index (χ0) is 28.3. The molecule has 4 fully saturated rings. The number of primary amides is 1. The SMILES string of the molecule is CCN1CCN(C2CCCN(c3cnc(C(N)=O)c(Nc4ccc(C5CCN(C6CCCC6)CC5)cc4)n3)C2)C1=O. The fourth-order valence-electron chi connectivity index (χ4n) is 7.29. The molecule has 220 valence electrons. The Kier molecular flexibility index (Phi) is 8.27. The van der Waals surface area contributed by atoms with E-state index in [2.05, 4.69) is 44.4 Å². The van der Waals surface area contributed by atoms with E-state index in [0.29, 0.717) is 24.1 Å². The van der Waals surface area contributed by atoms with E-state index in [9.17, 15) is 9.59 Å². The van der Waals surface area contributed by atoms with Gasteiger partial charge in [-0.1, -0.05) is 25.0 Å². The van der Waals surface area contributed by atoms with Crippen molar-refractivity contribution in [2.45, 2.75) is 76.3 Å². The van der Waals surface area contributed by atoms with Crippen LogP contribution in [0, 0.1) is 0 Å². The second-order valence-corrected chi connectivity index (χ2v) is 12.1. The van der Waals surface area contributed by atoms with Crippen LogP contribution < -0.4 is 16.0 Å². The molecule has 0 spiro atoms. The molecule has 0 radical (unpaired) electrons. The van der Waals surface area contributed by atoms with Gasteiger partial charge < -0.3 is 30.7 Å². The van der Waals surface area contributed by atoms with Crippen molar-refractivity contribution in [3.63, 3.8) is 0 Å². The molecular weight excluding hydrogens is 516 g/mol. The van der Waals surface area contributed by atoms with Gasteiger partial charge in [-0.2, -0.15) is 0 Å². The van der Waals surface area contributed by atoms with Gasteiger partial charge in [0.15, 0.2) is 11.5 Å². The number of nitrogens with two attached hydrogens (primary N) is 1. The number of carbonyl (C=O) groups is 2. The number of nitrogens with zero attached hydrogens (tertiary/aromatic N) is 6. The van der Waals surface area contributed by atoms with Gasteiger partial charge in [-0.25, -0.2) is 14.8 Å². The number of nitrogens with one attached hydrogen (secondary N) is 1. The molecule has 4 aliphatic rings. The molecule has 10 nitrogen and oxygen atoms in total. The summed E-state index contributed by atoms with van der Waals surface area (Å²) in [5, 5.41) is 3.31. The molecule has 3 saturated heterocycles. The van der Waals surface area contributed by atoms with E-state index >= 15 is 0 Å². The van der Waals surface area contributed by atoms with Crippen LogP contribution in [-0.4, -0.2) is 94.5 Å². The third kappa shape index (κ3) is 5.98. The molecule has 6 rings (SSSR count). The number of likely N-dealkylation sites (N-methyl/N-ethyl adjacent to an activating group) is 1. The van der Waals surface area contributed by atoms with Gasteiger partial charge in [0.05, 0.1) is 12.2 Å². The van der Waals surface area contributed by atoms with E-state index in [1.165, 1.54) is 57.2 Å². The molecule has 2 aromatic rings. The van der Waals surface area contributed by atoms with Crippen LogP contribution in [0.1, 0.15) is 80.3 Å². The smallest absolute Gasteiger partial charge is 0.320 e. The number of carbonyl (C=O) groups excluding carboxylic acids is 2. The van der Waals surface area contributed by atoms with Gasteiger partial charge >= 0.3 is 6.03 Å². The van der Waals surface area contributed by atoms with E-state index in [1.54, 1.807) is 6.20 Å². The average Bonchev–Trinajstić information content (AvgIpc) is 3.68. The molecule has 1 aromatic heterocycles. The summed E-state index contributed by atoms with van der Waals surface area (Å²) < 4.78 is 0. The van der Waals surface area contributed by atoms with Crippen molar-refractivity contribution in [1.82, 2.24) is 24.7 Å². The van der Waals surface area contributed by atoms with Gasteiger partial charge in [0, 0.05) is 44.5 Å². The van der Waals surface area contributed by atoms with Crippen LogP contribution in [0.15, 0.2) is 30.5 Å². The number of hydrogen-bond donors (Lipinski definition) is 2. The minimum absolute atomic E-state index is 0.124. The van der Waals surface area contributed by atoms with Crippen LogP contribution in [0.25, 0.3) is 0 Å². The Labute approximate surface area is 243 Å². The highest BCUT2D eigenvalue weighted by Crippen LogP contribution is 2.33. The average molecular weight is 561 g/mol. The summed E-state index contributed by atoms with van der Waals surface area (Å²) in [6.45, 7) is 8.22. The third-order valence-electron chi connectivity index (χ3n) is 9.68. The normalized spacial score (nSPS) is 23.0. The molecule has 1 saturated carbocycles. The predicted molar refractivity (Wildman–Crippen MR) is 161 cm³/mol. The fourth-order valence-corrected chi connectivity index (χ4v) is 7.29. The third-order valence-corrected chi connectivity index (χ3v) is 9.68. The van der Waals surface area contributed by atoms with Gasteiger partial charge in [0.25, 0.3) is 5.91 Å². The first kappa shape index (κ1) is 27.8. The maximum absolute atomic E-state index is 12.8. The number of rotatable bonds is 8. The van der Waals surface area contributed by atoms with E-state index in [1.807, 2.05) is 16.7 Å². The van der Waals surface area contributed by atoms with Gasteiger partial charge in [0.1, 0.15) is 5.82 Å². The first-order valence-corrected chi connectivity index (χ1v) is 15.6. The molecule has 3 N–H and O–H groups in total. The predicted octanol–water partition coefficient (Wildman–Crippen LogP) is 4.17. The highest BCUT2D eigenvalue weighted by molar-refractivity contribution is 5.96. The van der Waals surface area contributed by atoms with Crippen LogP contribution in [0.3, 0.4) is 0 Å². The monoisotopic (exact) mass is 560 g/mol. The molecule has 0 bridgehead atoms. The number of anilines is 3. The molecule has 10 heteroatoms. The van der Waals surface area contributed by atoms with Crippen molar-refractivity contribution in [3.8, 4) is 0 Å². The van der Waals surface area contributed by atoms with Crippen molar-refractivity contribution in [2.75, 3.05) is 56.0 Å². The highest BCUT2D eigenvalue weighted by Gasteiger charge is 2.35. The first-order chi connectivity index (χ1) is 20.0. The van der Waals surface area contributed by atoms with Crippen molar-refractivity contribution in [3.05, 3.63) is 41.7 Å². The minimum atomic E-state index is -0.615. The van der Waals surface area contributed by atoms with E-state index < -0.39 is 5.91 Å². The second kappa shape index (κ2) is 12.2. The maximum atomic E-state index is 12.8. The lowest BCUT2D eigenvalue weighted by atomic mass is 9.88. The minimum Gasteiger partial charge on any atom is -0.364 e.